The molecule has 2 aromatic rings. The molecule has 8 nitrogen and oxygen atoms in total. The number of ether oxygens (including phenoxy) is 2. The second kappa shape index (κ2) is 11.2. The molecule has 0 aliphatic carbocycles. The average molecular weight is 619 g/mol. The van der Waals surface area contributed by atoms with Crippen LogP contribution in [0.3, 0.4) is 0 Å². The molecule has 1 amide bonds. The lowest BCUT2D eigenvalue weighted by Crippen LogP contribution is -2.40. The van der Waals surface area contributed by atoms with Gasteiger partial charge in [0.25, 0.3) is 5.91 Å². The quantitative estimate of drug-likeness (QED) is 0.310. The molecule has 0 spiro atoms. The van der Waals surface area contributed by atoms with Crippen LogP contribution in [0.5, 0.6) is 17.2 Å². The highest BCUT2D eigenvalue weighted by atomic mass is 79.9. The third kappa shape index (κ3) is 6.84. The van der Waals surface area contributed by atoms with Crippen molar-refractivity contribution in [2.24, 2.45) is 5.92 Å². The normalized spacial score (nSPS) is 16.1. The molecule has 0 bridgehead atoms. The van der Waals surface area contributed by atoms with Crippen molar-refractivity contribution in [3.05, 3.63) is 50.4 Å². The highest BCUT2D eigenvalue weighted by Crippen LogP contribution is 2.44. The lowest BCUT2D eigenvalue weighted by molar-refractivity contribution is -0.149. The van der Waals surface area contributed by atoms with Crippen LogP contribution in [0.25, 0.3) is 0 Å². The number of benzene rings is 2. The van der Waals surface area contributed by atoms with E-state index in [1.165, 1.54) is 18.8 Å². The van der Waals surface area contributed by atoms with Crippen molar-refractivity contribution in [3.63, 3.8) is 0 Å². The van der Waals surface area contributed by atoms with Gasteiger partial charge in [-0.15, -0.1) is 0 Å². The van der Waals surface area contributed by atoms with Crippen LogP contribution in [-0.4, -0.2) is 53.1 Å². The summed E-state index contributed by atoms with van der Waals surface area (Å²) in [6, 6.07) is 7.80. The maximum Gasteiger partial charge on any atom is 0.309 e. The van der Waals surface area contributed by atoms with E-state index >= 15 is 0 Å². The van der Waals surface area contributed by atoms with Crippen LogP contribution in [0.2, 0.25) is 0 Å². The van der Waals surface area contributed by atoms with Gasteiger partial charge in [0, 0.05) is 25.9 Å². The van der Waals surface area contributed by atoms with Crippen LogP contribution in [0.15, 0.2) is 39.3 Å². The predicted molar refractivity (Wildman–Crippen MR) is 135 cm³/mol. The van der Waals surface area contributed by atoms with Crippen molar-refractivity contribution in [2.75, 3.05) is 26.4 Å². The minimum Gasteiger partial charge on any atom is -0.507 e. The monoisotopic (exact) mass is 617 g/mol. The third-order valence-electron chi connectivity index (χ3n) is 5.35. The number of piperidine rings is 1. The average Bonchev–Trinajstić information content (AvgIpc) is 2.76. The van der Waals surface area contributed by atoms with Crippen LogP contribution in [0, 0.1) is 5.92 Å². The Kier molecular flexibility index (Phi) is 8.84. The van der Waals surface area contributed by atoms with E-state index in [1.54, 1.807) is 30.0 Å². The highest BCUT2D eigenvalue weighted by molar-refractivity contribution is 9.11. The number of amides is 1. The molecular formula is C23H26Br2NO7P. The lowest BCUT2D eigenvalue weighted by Gasteiger charge is -2.31. The molecule has 1 atom stereocenters. The molecule has 11 heteroatoms. The first-order valence-electron chi connectivity index (χ1n) is 10.7. The van der Waals surface area contributed by atoms with E-state index in [-0.39, 0.29) is 35.3 Å². The Hall–Kier alpha value is -1.87. The summed E-state index contributed by atoms with van der Waals surface area (Å²) in [6.45, 7) is 4.16. The molecule has 1 aliphatic heterocycles. The second-order valence-electron chi connectivity index (χ2n) is 8.20. The van der Waals surface area contributed by atoms with Crippen molar-refractivity contribution < 1.29 is 33.6 Å². The summed E-state index contributed by atoms with van der Waals surface area (Å²) in [6.07, 6.45) is 1.04. The third-order valence-corrected chi connectivity index (χ3v) is 7.48. The number of carbonyl (C=O) groups excluding carboxylic acids is 2. The van der Waals surface area contributed by atoms with Gasteiger partial charge < -0.3 is 24.4 Å². The van der Waals surface area contributed by atoms with Gasteiger partial charge in [-0.25, -0.2) is 0 Å². The number of esters is 1. The first-order valence-corrected chi connectivity index (χ1v) is 14.6. The molecule has 1 heterocycles. The zero-order valence-corrected chi connectivity index (χ0v) is 22.9. The minimum absolute atomic E-state index is 0.0230. The van der Waals surface area contributed by atoms with Gasteiger partial charge in [0.05, 0.1) is 27.0 Å². The standard InChI is InChI=1S/C23H26Br2NO7P/c1-3-32-23(29)15-6-8-26(9-7-15)22(28)17-12-16(4-5-20(17)27)33-21-18(24)10-14(11-19(21)25)13-34(2,30)31/h4-5,10-12,15,27H,3,6-9,13H2,1-2H3,(H,30,31). The molecule has 1 aliphatic rings. The van der Waals surface area contributed by atoms with E-state index in [2.05, 4.69) is 31.9 Å². The Morgan fingerprint density at radius 1 is 1.15 bits per heavy atom. The highest BCUT2D eigenvalue weighted by Gasteiger charge is 2.30. The zero-order valence-electron chi connectivity index (χ0n) is 18.8. The number of phenols is 1. The number of phenolic OH excluding ortho intramolecular Hbond substituents is 1. The van der Waals surface area contributed by atoms with E-state index in [0.717, 1.165) is 0 Å². The van der Waals surface area contributed by atoms with Gasteiger partial charge >= 0.3 is 5.97 Å². The topological polar surface area (TPSA) is 113 Å². The summed E-state index contributed by atoms with van der Waals surface area (Å²) >= 11 is 6.85. The van der Waals surface area contributed by atoms with E-state index in [4.69, 9.17) is 9.47 Å². The second-order valence-corrected chi connectivity index (χ2v) is 12.3. The van der Waals surface area contributed by atoms with Gasteiger partial charge in [-0.05, 0) is 87.5 Å². The van der Waals surface area contributed by atoms with Gasteiger partial charge in [-0.1, -0.05) is 0 Å². The number of likely N-dealkylation sites (tertiary alicyclic amines) is 1. The first-order chi connectivity index (χ1) is 16.0. The Morgan fingerprint density at radius 3 is 2.32 bits per heavy atom. The van der Waals surface area contributed by atoms with Crippen molar-refractivity contribution in [3.8, 4) is 17.2 Å². The molecule has 0 radical (unpaired) electrons. The van der Waals surface area contributed by atoms with E-state index in [9.17, 15) is 24.2 Å². The molecule has 2 aromatic carbocycles. The maximum absolute atomic E-state index is 13.1. The predicted octanol–water partition coefficient (Wildman–Crippen LogP) is 5.53. The Balaban J connectivity index is 1.75. The van der Waals surface area contributed by atoms with Gasteiger partial charge in [0.2, 0.25) is 7.37 Å². The molecule has 0 saturated carbocycles. The summed E-state index contributed by atoms with van der Waals surface area (Å²) in [7, 11) is -3.24. The molecule has 3 rings (SSSR count). The number of rotatable bonds is 7. The maximum atomic E-state index is 13.1. The summed E-state index contributed by atoms with van der Waals surface area (Å²) in [5, 5.41) is 10.3. The van der Waals surface area contributed by atoms with Crippen molar-refractivity contribution >= 4 is 51.1 Å². The number of carbonyl (C=O) groups is 2. The summed E-state index contributed by atoms with van der Waals surface area (Å²) in [4.78, 5) is 36.3. The molecule has 1 saturated heterocycles. The Bertz CT molecular complexity index is 1100. The molecular weight excluding hydrogens is 593 g/mol. The van der Waals surface area contributed by atoms with E-state index < -0.39 is 7.37 Å². The molecule has 0 aromatic heterocycles. The first kappa shape index (κ1) is 26.7. The van der Waals surface area contributed by atoms with Crippen molar-refractivity contribution in [1.82, 2.24) is 4.90 Å². The van der Waals surface area contributed by atoms with Crippen LogP contribution in [0.4, 0.5) is 0 Å². The van der Waals surface area contributed by atoms with E-state index in [0.29, 0.717) is 58.5 Å². The SMILES string of the molecule is CCOC(=O)C1CCN(C(=O)c2cc(Oc3c(Br)cc(CP(C)(=O)O)cc3Br)ccc2O)CC1. The molecule has 184 valence electrons. The van der Waals surface area contributed by atoms with Crippen LogP contribution in [-0.2, 0) is 20.3 Å². The van der Waals surface area contributed by atoms with Gasteiger partial charge in [0.1, 0.15) is 11.5 Å². The van der Waals surface area contributed by atoms with Gasteiger partial charge in [-0.2, -0.15) is 0 Å². The van der Waals surface area contributed by atoms with Crippen LogP contribution < -0.4 is 4.74 Å². The number of nitrogens with zero attached hydrogens (tertiary/aromatic N) is 1. The zero-order chi connectivity index (χ0) is 25.0. The van der Waals surface area contributed by atoms with Crippen molar-refractivity contribution in [1.29, 1.82) is 0 Å². The smallest absolute Gasteiger partial charge is 0.309 e. The van der Waals surface area contributed by atoms with E-state index in [1.807, 2.05) is 0 Å². The summed E-state index contributed by atoms with van der Waals surface area (Å²) in [5.41, 5.74) is 0.760. The summed E-state index contributed by atoms with van der Waals surface area (Å²) < 4.78 is 23.9. The number of aromatic hydroxyl groups is 1. The Morgan fingerprint density at radius 2 is 1.76 bits per heavy atom. The lowest BCUT2D eigenvalue weighted by atomic mass is 9.96. The van der Waals surface area contributed by atoms with Gasteiger partial charge in [0.15, 0.2) is 5.75 Å². The van der Waals surface area contributed by atoms with Crippen LogP contribution in [0.1, 0.15) is 35.7 Å². The molecule has 34 heavy (non-hydrogen) atoms. The fraction of sp³-hybridized carbons (Fsp3) is 0.391. The van der Waals surface area contributed by atoms with Gasteiger partial charge in [-0.3, -0.25) is 14.2 Å². The number of halogens is 2. The van der Waals surface area contributed by atoms with Crippen molar-refractivity contribution in [2.45, 2.75) is 25.9 Å². The molecule has 1 fully saturated rings. The molecule has 1 unspecified atom stereocenters. The fourth-order valence-electron chi connectivity index (χ4n) is 3.76. The summed E-state index contributed by atoms with van der Waals surface area (Å²) in [5.74, 6) is -0.222. The van der Waals surface area contributed by atoms with Crippen LogP contribution >= 0.6 is 39.2 Å². The molecule has 2 N–H and O–H groups in total. The number of hydrogen-bond donors (Lipinski definition) is 2. The number of hydrogen-bond acceptors (Lipinski definition) is 6. The Labute approximate surface area is 215 Å². The minimum atomic E-state index is -3.24. The fourth-order valence-corrected chi connectivity index (χ4v) is 6.06. The largest absolute Gasteiger partial charge is 0.507 e.